The SMILES string of the molecule is Cc1ccc([C@H](CNC(=O)Nc2ccc(Cl)cc2)[NH+]2CC[NH+](C)CC2)cc1. The summed E-state index contributed by atoms with van der Waals surface area (Å²) in [4.78, 5) is 15.5. The van der Waals surface area contributed by atoms with Crippen LogP contribution in [0.3, 0.4) is 0 Å². The number of benzene rings is 2. The first-order valence-electron chi connectivity index (χ1n) is 9.54. The van der Waals surface area contributed by atoms with E-state index >= 15 is 0 Å². The van der Waals surface area contributed by atoms with E-state index in [0.29, 0.717) is 11.6 Å². The van der Waals surface area contributed by atoms with Crippen LogP contribution in [0.25, 0.3) is 0 Å². The van der Waals surface area contributed by atoms with E-state index in [1.165, 1.54) is 16.0 Å². The summed E-state index contributed by atoms with van der Waals surface area (Å²) in [5, 5.41) is 6.58. The van der Waals surface area contributed by atoms with Gasteiger partial charge in [0.15, 0.2) is 0 Å². The fraction of sp³-hybridized carbons (Fsp3) is 0.381. The van der Waals surface area contributed by atoms with Gasteiger partial charge in [0.2, 0.25) is 0 Å². The van der Waals surface area contributed by atoms with Gasteiger partial charge in [0, 0.05) is 16.3 Å². The number of anilines is 1. The van der Waals surface area contributed by atoms with Gasteiger partial charge in [-0.2, -0.15) is 0 Å². The first kappa shape index (κ1) is 19.7. The standard InChI is InChI=1S/C21H27ClN4O/c1-16-3-5-17(6-4-16)20(26-13-11-25(2)12-14-26)15-23-21(27)24-19-9-7-18(22)8-10-19/h3-10,20H,11-15H2,1-2H3,(H2,23,24,27)/p+2/t20-/m0/s1. The Morgan fingerprint density at radius 3 is 2.30 bits per heavy atom. The molecule has 1 heterocycles. The van der Waals surface area contributed by atoms with Crippen molar-refractivity contribution in [2.75, 3.05) is 45.1 Å². The molecule has 6 heteroatoms. The molecule has 144 valence electrons. The third kappa shape index (κ3) is 5.70. The van der Waals surface area contributed by atoms with Gasteiger partial charge in [-0.3, -0.25) is 0 Å². The van der Waals surface area contributed by atoms with Crippen LogP contribution in [0.15, 0.2) is 48.5 Å². The summed E-state index contributed by atoms with van der Waals surface area (Å²) < 4.78 is 0. The van der Waals surface area contributed by atoms with E-state index in [0.717, 1.165) is 31.9 Å². The highest BCUT2D eigenvalue weighted by molar-refractivity contribution is 6.30. The lowest BCUT2D eigenvalue weighted by molar-refractivity contribution is -1.02. The number of rotatable bonds is 5. The highest BCUT2D eigenvalue weighted by atomic mass is 35.5. The highest BCUT2D eigenvalue weighted by Gasteiger charge is 2.29. The smallest absolute Gasteiger partial charge is 0.319 e. The molecule has 2 aromatic rings. The topological polar surface area (TPSA) is 50.0 Å². The molecular weight excluding hydrogens is 360 g/mol. The van der Waals surface area contributed by atoms with Crippen LogP contribution >= 0.6 is 11.6 Å². The average Bonchev–Trinajstić information content (AvgIpc) is 2.66. The fourth-order valence-corrected chi connectivity index (χ4v) is 3.67. The van der Waals surface area contributed by atoms with Gasteiger partial charge in [-0.25, -0.2) is 4.79 Å². The number of halogens is 1. The number of urea groups is 1. The summed E-state index contributed by atoms with van der Waals surface area (Å²) >= 11 is 5.89. The Morgan fingerprint density at radius 2 is 1.67 bits per heavy atom. The Kier molecular flexibility index (Phi) is 6.72. The Labute approximate surface area is 166 Å². The Bertz CT molecular complexity index is 740. The molecule has 1 fully saturated rings. The minimum Gasteiger partial charge on any atom is -0.332 e. The predicted molar refractivity (Wildman–Crippen MR) is 110 cm³/mol. The normalized spacial score (nSPS) is 20.7. The number of nitrogens with one attached hydrogen (secondary N) is 4. The zero-order valence-electron chi connectivity index (χ0n) is 16.0. The van der Waals surface area contributed by atoms with E-state index < -0.39 is 0 Å². The molecule has 4 N–H and O–H groups in total. The zero-order valence-corrected chi connectivity index (χ0v) is 16.8. The summed E-state index contributed by atoms with van der Waals surface area (Å²) in [6, 6.07) is 15.9. The van der Waals surface area contributed by atoms with E-state index in [4.69, 9.17) is 11.6 Å². The van der Waals surface area contributed by atoms with E-state index in [1.807, 2.05) is 0 Å². The summed E-state index contributed by atoms with van der Waals surface area (Å²) in [5.74, 6) is 0. The van der Waals surface area contributed by atoms with Gasteiger partial charge in [-0.05, 0) is 31.2 Å². The van der Waals surface area contributed by atoms with Gasteiger partial charge >= 0.3 is 6.03 Å². The fourth-order valence-electron chi connectivity index (χ4n) is 3.55. The average molecular weight is 389 g/mol. The van der Waals surface area contributed by atoms with Crippen LogP contribution in [0.4, 0.5) is 10.5 Å². The summed E-state index contributed by atoms with van der Waals surface area (Å²) in [5.41, 5.74) is 3.27. The molecule has 1 atom stereocenters. The monoisotopic (exact) mass is 388 g/mol. The number of hydrogen-bond donors (Lipinski definition) is 4. The number of likely N-dealkylation sites (N-methyl/N-ethyl adjacent to an activating group) is 1. The molecule has 0 unspecified atom stereocenters. The molecule has 0 aliphatic carbocycles. The summed E-state index contributed by atoms with van der Waals surface area (Å²) in [6.45, 7) is 7.26. The summed E-state index contributed by atoms with van der Waals surface area (Å²) in [6.07, 6.45) is 0. The second kappa shape index (κ2) is 9.22. The zero-order chi connectivity index (χ0) is 19.2. The Morgan fingerprint density at radius 1 is 1.04 bits per heavy atom. The van der Waals surface area contributed by atoms with Gasteiger partial charge in [-0.15, -0.1) is 0 Å². The van der Waals surface area contributed by atoms with Crippen molar-refractivity contribution < 1.29 is 14.6 Å². The molecule has 2 aromatic carbocycles. The van der Waals surface area contributed by atoms with E-state index in [1.54, 1.807) is 29.2 Å². The highest BCUT2D eigenvalue weighted by Crippen LogP contribution is 2.14. The molecule has 0 radical (unpaired) electrons. The third-order valence-electron chi connectivity index (χ3n) is 5.29. The van der Waals surface area contributed by atoms with E-state index in [-0.39, 0.29) is 12.1 Å². The van der Waals surface area contributed by atoms with Crippen molar-refractivity contribution in [1.82, 2.24) is 5.32 Å². The largest absolute Gasteiger partial charge is 0.332 e. The number of carbonyl (C=O) groups excluding carboxylic acids is 1. The molecule has 0 saturated carbocycles. The molecule has 0 bridgehead atoms. The van der Waals surface area contributed by atoms with Gasteiger partial charge < -0.3 is 20.4 Å². The molecule has 1 aliphatic heterocycles. The van der Waals surface area contributed by atoms with Crippen molar-refractivity contribution in [3.63, 3.8) is 0 Å². The lowest BCUT2D eigenvalue weighted by atomic mass is 10.0. The molecule has 1 aliphatic rings. The minimum atomic E-state index is -0.186. The van der Waals surface area contributed by atoms with Gasteiger partial charge in [0.1, 0.15) is 32.2 Å². The maximum Gasteiger partial charge on any atom is 0.319 e. The quantitative estimate of drug-likeness (QED) is 0.605. The maximum absolute atomic E-state index is 12.4. The lowest BCUT2D eigenvalue weighted by Gasteiger charge is -2.33. The number of quaternary nitrogens is 2. The van der Waals surface area contributed by atoms with Crippen molar-refractivity contribution >= 4 is 23.3 Å². The van der Waals surface area contributed by atoms with Crippen LogP contribution in [0.1, 0.15) is 17.2 Å². The minimum absolute atomic E-state index is 0.186. The third-order valence-corrected chi connectivity index (χ3v) is 5.54. The van der Waals surface area contributed by atoms with E-state index in [2.05, 4.69) is 48.9 Å². The maximum atomic E-state index is 12.4. The van der Waals surface area contributed by atoms with Crippen LogP contribution in [0.5, 0.6) is 0 Å². The van der Waals surface area contributed by atoms with Crippen LogP contribution < -0.4 is 20.4 Å². The van der Waals surface area contributed by atoms with Gasteiger partial charge in [0.05, 0.1) is 13.6 Å². The van der Waals surface area contributed by atoms with Crippen molar-refractivity contribution in [2.45, 2.75) is 13.0 Å². The van der Waals surface area contributed by atoms with Gasteiger partial charge in [-0.1, -0.05) is 41.4 Å². The first-order valence-corrected chi connectivity index (χ1v) is 9.92. The molecule has 5 nitrogen and oxygen atoms in total. The molecule has 0 aromatic heterocycles. The number of piperazine rings is 1. The van der Waals surface area contributed by atoms with Crippen LogP contribution in [0, 0.1) is 6.92 Å². The van der Waals surface area contributed by atoms with Crippen LogP contribution in [-0.2, 0) is 0 Å². The Hall–Kier alpha value is -2.08. The number of hydrogen-bond acceptors (Lipinski definition) is 1. The second-order valence-electron chi connectivity index (χ2n) is 7.42. The second-order valence-corrected chi connectivity index (χ2v) is 7.86. The van der Waals surface area contributed by atoms with Crippen LogP contribution in [-0.4, -0.2) is 45.8 Å². The molecule has 3 rings (SSSR count). The van der Waals surface area contributed by atoms with Crippen molar-refractivity contribution in [2.24, 2.45) is 0 Å². The molecule has 2 amide bonds. The van der Waals surface area contributed by atoms with Crippen LogP contribution in [0.2, 0.25) is 5.02 Å². The molecule has 1 saturated heterocycles. The van der Waals surface area contributed by atoms with Crippen molar-refractivity contribution in [3.05, 3.63) is 64.7 Å². The van der Waals surface area contributed by atoms with E-state index in [9.17, 15) is 4.79 Å². The van der Waals surface area contributed by atoms with Gasteiger partial charge in [0.25, 0.3) is 0 Å². The molecule has 0 spiro atoms. The predicted octanol–water partition coefficient (Wildman–Crippen LogP) is 0.924. The summed E-state index contributed by atoms with van der Waals surface area (Å²) in [7, 11) is 2.25. The van der Waals surface area contributed by atoms with Crippen molar-refractivity contribution in [1.29, 1.82) is 0 Å². The molecule has 27 heavy (non-hydrogen) atoms. The number of amides is 2. The molecular formula is C21H29ClN4O+2. The van der Waals surface area contributed by atoms with Crippen molar-refractivity contribution in [3.8, 4) is 0 Å². The first-order chi connectivity index (χ1) is 13.0. The number of aryl methyl sites for hydroxylation is 1. The number of carbonyl (C=O) groups is 1. The lowest BCUT2D eigenvalue weighted by Crippen LogP contribution is -3.27. The Balaban J connectivity index is 1.64.